The van der Waals surface area contributed by atoms with Crippen molar-refractivity contribution >= 4 is 27.7 Å². The molecule has 0 aliphatic carbocycles. The van der Waals surface area contributed by atoms with E-state index in [1.54, 1.807) is 0 Å². The van der Waals surface area contributed by atoms with E-state index in [-0.39, 0.29) is 10.0 Å². The van der Waals surface area contributed by atoms with Crippen molar-refractivity contribution in [3.05, 3.63) is 40.8 Å². The molecule has 0 aliphatic rings. The first-order chi connectivity index (χ1) is 8.91. The molecule has 5 nitrogen and oxygen atoms in total. The summed E-state index contributed by atoms with van der Waals surface area (Å²) in [6.07, 6.45) is -1.55. The minimum atomic E-state index is -4.95. The van der Waals surface area contributed by atoms with Crippen LogP contribution in [0.3, 0.4) is 0 Å². The van der Waals surface area contributed by atoms with Gasteiger partial charge in [-0.1, -0.05) is 5.16 Å². The summed E-state index contributed by atoms with van der Waals surface area (Å²) in [5.74, 6) is -2.04. The highest BCUT2D eigenvalue weighted by Gasteiger charge is 2.45. The summed E-state index contributed by atoms with van der Waals surface area (Å²) in [5, 5.41) is 3.20. The van der Waals surface area contributed by atoms with Crippen molar-refractivity contribution in [3.63, 3.8) is 0 Å². The average molecular weight is 336 g/mol. The third kappa shape index (κ3) is 2.75. The average Bonchev–Trinajstić information content (AvgIpc) is 2.75. The molecule has 0 aliphatic heterocycles. The second kappa shape index (κ2) is 5.00. The Kier molecular flexibility index (Phi) is 3.56. The molecule has 2 aromatic heterocycles. The number of rotatable bonds is 2. The third-order valence-corrected chi connectivity index (χ3v) is 2.62. The number of carbonyl (C=O) groups excluding carboxylic acids is 1. The van der Waals surface area contributed by atoms with Crippen LogP contribution in [0.5, 0.6) is 0 Å². The van der Waals surface area contributed by atoms with Crippen molar-refractivity contribution < 1.29 is 22.5 Å². The molecule has 0 N–H and O–H groups in total. The molecule has 0 fully saturated rings. The molecule has 0 saturated heterocycles. The Morgan fingerprint density at radius 3 is 2.58 bits per heavy atom. The summed E-state index contributed by atoms with van der Waals surface area (Å²) in [6, 6.07) is 2.58. The van der Waals surface area contributed by atoms with Gasteiger partial charge in [0, 0.05) is 12.4 Å². The lowest BCUT2D eigenvalue weighted by molar-refractivity contribution is -0.124. The van der Waals surface area contributed by atoms with Gasteiger partial charge in [-0.15, -0.1) is 13.2 Å². The molecular weight excluding hydrogens is 331 g/mol. The van der Waals surface area contributed by atoms with E-state index in [0.717, 1.165) is 12.4 Å². The molecule has 19 heavy (non-hydrogen) atoms. The van der Waals surface area contributed by atoms with Crippen LogP contribution in [0.4, 0.5) is 19.1 Å². The van der Waals surface area contributed by atoms with Gasteiger partial charge in [0.15, 0.2) is 0 Å². The molecule has 0 aromatic carbocycles. The van der Waals surface area contributed by atoms with E-state index in [2.05, 4.69) is 30.6 Å². The van der Waals surface area contributed by atoms with E-state index >= 15 is 0 Å². The Bertz CT molecular complexity index is 585. The predicted molar refractivity (Wildman–Crippen MR) is 61.3 cm³/mol. The molecule has 1 amide bonds. The van der Waals surface area contributed by atoms with E-state index in [0.29, 0.717) is 0 Å². The maximum absolute atomic E-state index is 13.0. The van der Waals surface area contributed by atoms with Crippen LogP contribution in [0.25, 0.3) is 0 Å². The summed E-state index contributed by atoms with van der Waals surface area (Å²) in [5.41, 5.74) is -0.219. The minimum absolute atomic E-state index is 0.0814. The van der Waals surface area contributed by atoms with Gasteiger partial charge in [-0.2, -0.15) is 4.90 Å². The largest absolute Gasteiger partial charge is 0.494 e. The smallest absolute Gasteiger partial charge is 0.337 e. The summed E-state index contributed by atoms with van der Waals surface area (Å²) in [6.45, 7) is 0. The van der Waals surface area contributed by atoms with Crippen molar-refractivity contribution in [2.75, 3.05) is 4.90 Å². The molecule has 2 heterocycles. The first-order valence-electron chi connectivity index (χ1n) is 4.82. The Hall–Kier alpha value is -1.90. The Balaban J connectivity index is 2.46. The number of amides is 1. The quantitative estimate of drug-likeness (QED) is 0.791. The van der Waals surface area contributed by atoms with Gasteiger partial charge in [0.2, 0.25) is 0 Å². The highest BCUT2D eigenvalue weighted by molar-refractivity contribution is 9.10. The third-order valence-electron chi connectivity index (χ3n) is 2.08. The van der Waals surface area contributed by atoms with Crippen molar-refractivity contribution in [1.29, 1.82) is 0 Å². The Morgan fingerprint density at radius 1 is 1.37 bits per heavy atom. The van der Waals surface area contributed by atoms with Gasteiger partial charge in [0.05, 0.1) is 11.8 Å². The molecule has 0 radical (unpaired) electrons. The van der Waals surface area contributed by atoms with Crippen molar-refractivity contribution in [2.45, 2.75) is 6.30 Å². The second-order valence-corrected chi connectivity index (χ2v) is 4.18. The molecule has 100 valence electrons. The molecule has 2 rings (SSSR count). The van der Waals surface area contributed by atoms with Crippen LogP contribution < -0.4 is 4.90 Å². The summed E-state index contributed by atoms with van der Waals surface area (Å²) < 4.78 is 43.3. The summed E-state index contributed by atoms with van der Waals surface area (Å²) in [7, 11) is 0. The van der Waals surface area contributed by atoms with Gasteiger partial charge in [0.25, 0.3) is 11.8 Å². The number of hydrogen-bond donors (Lipinski definition) is 0. The molecule has 0 unspecified atom stereocenters. The van der Waals surface area contributed by atoms with Gasteiger partial charge in [-0.25, -0.2) is 0 Å². The minimum Gasteiger partial charge on any atom is -0.337 e. The fourth-order valence-corrected chi connectivity index (χ4v) is 1.64. The first-order valence-corrected chi connectivity index (χ1v) is 5.62. The molecule has 2 aromatic rings. The maximum Gasteiger partial charge on any atom is 0.494 e. The second-order valence-electron chi connectivity index (χ2n) is 3.33. The summed E-state index contributed by atoms with van der Waals surface area (Å²) >= 11 is 2.83. The number of nitrogens with zero attached hydrogens (tertiary/aromatic N) is 3. The molecular formula is C10H5BrF3N3O2. The standard InChI is InChI=1S/C10H5BrF3N3O2/c11-7-5-16-19-9(7)17(10(12,13)14)8(18)6-2-1-3-15-4-6/h1-5H. The van der Waals surface area contributed by atoms with Crippen LogP contribution in [-0.2, 0) is 0 Å². The van der Waals surface area contributed by atoms with E-state index < -0.39 is 23.0 Å². The van der Waals surface area contributed by atoms with Crippen LogP contribution in [0.2, 0.25) is 0 Å². The van der Waals surface area contributed by atoms with E-state index in [1.165, 1.54) is 18.3 Å². The highest BCUT2D eigenvalue weighted by Crippen LogP contribution is 2.35. The predicted octanol–water partition coefficient (Wildman–Crippen LogP) is 3.00. The van der Waals surface area contributed by atoms with Crippen LogP contribution in [0, 0.1) is 0 Å². The van der Waals surface area contributed by atoms with Crippen LogP contribution in [0.15, 0.2) is 39.7 Å². The highest BCUT2D eigenvalue weighted by atomic mass is 79.9. The van der Waals surface area contributed by atoms with Crippen molar-refractivity contribution in [1.82, 2.24) is 10.1 Å². The number of pyridine rings is 1. The number of halogens is 4. The molecule has 0 bridgehead atoms. The monoisotopic (exact) mass is 335 g/mol. The van der Waals surface area contributed by atoms with Crippen LogP contribution in [0.1, 0.15) is 10.4 Å². The van der Waals surface area contributed by atoms with E-state index in [4.69, 9.17) is 0 Å². The molecule has 0 atom stereocenters. The van der Waals surface area contributed by atoms with Crippen LogP contribution >= 0.6 is 15.9 Å². The number of carbonyl (C=O) groups is 1. The maximum atomic E-state index is 13.0. The zero-order valence-electron chi connectivity index (χ0n) is 9.06. The SMILES string of the molecule is O=C(c1cccnc1)N(c1oncc1Br)C(F)(F)F. The summed E-state index contributed by atoms with van der Waals surface area (Å²) in [4.78, 5) is 15.1. The Morgan fingerprint density at radius 2 is 2.11 bits per heavy atom. The van der Waals surface area contributed by atoms with Gasteiger partial charge >= 0.3 is 6.30 Å². The fourth-order valence-electron chi connectivity index (χ4n) is 1.31. The van der Waals surface area contributed by atoms with Gasteiger partial charge in [-0.05, 0) is 28.1 Å². The molecule has 0 spiro atoms. The van der Waals surface area contributed by atoms with Gasteiger partial charge < -0.3 is 4.52 Å². The number of aromatic nitrogens is 2. The molecule has 9 heteroatoms. The number of hydrogen-bond acceptors (Lipinski definition) is 4. The topological polar surface area (TPSA) is 59.2 Å². The zero-order valence-corrected chi connectivity index (χ0v) is 10.6. The lowest BCUT2D eigenvalue weighted by atomic mass is 10.2. The Labute approximate surface area is 113 Å². The molecule has 0 saturated carbocycles. The van der Waals surface area contributed by atoms with E-state index in [9.17, 15) is 18.0 Å². The lowest BCUT2D eigenvalue weighted by Crippen LogP contribution is -2.43. The number of anilines is 1. The van der Waals surface area contributed by atoms with Crippen molar-refractivity contribution in [3.8, 4) is 0 Å². The van der Waals surface area contributed by atoms with E-state index in [1.807, 2.05) is 0 Å². The zero-order chi connectivity index (χ0) is 14.0. The van der Waals surface area contributed by atoms with Crippen LogP contribution in [-0.4, -0.2) is 22.3 Å². The first kappa shape index (κ1) is 13.5. The fraction of sp³-hybridized carbons (Fsp3) is 0.100. The normalized spacial score (nSPS) is 11.4. The van der Waals surface area contributed by atoms with Crippen molar-refractivity contribution in [2.24, 2.45) is 0 Å². The number of alkyl halides is 3. The van der Waals surface area contributed by atoms with Gasteiger partial charge in [0.1, 0.15) is 4.47 Å². The van der Waals surface area contributed by atoms with Gasteiger partial charge in [-0.3, -0.25) is 9.78 Å². The lowest BCUT2D eigenvalue weighted by Gasteiger charge is -2.21.